The second-order valence-electron chi connectivity index (χ2n) is 5.32. The van der Waals surface area contributed by atoms with E-state index in [1.54, 1.807) is 0 Å². The summed E-state index contributed by atoms with van der Waals surface area (Å²) in [6.45, 7) is 4.64. The fraction of sp³-hybridized carbons (Fsp3) is 0.500. The van der Waals surface area contributed by atoms with Crippen molar-refractivity contribution in [3.05, 3.63) is 40.9 Å². The molecule has 2 atom stereocenters. The second-order valence-corrected chi connectivity index (χ2v) is 6.14. The third-order valence-corrected chi connectivity index (χ3v) is 4.55. The van der Waals surface area contributed by atoms with Crippen molar-refractivity contribution in [1.82, 2.24) is 5.32 Å². The fourth-order valence-electron chi connectivity index (χ4n) is 2.76. The monoisotopic (exact) mass is 348 g/mol. The average Bonchev–Trinajstić information content (AvgIpc) is 2.66. The summed E-state index contributed by atoms with van der Waals surface area (Å²) < 4.78 is 0. The molecule has 0 bridgehead atoms. The maximum Gasteiger partial charge on any atom is 0.0612 e. The molecule has 2 rings (SSSR count). The lowest BCUT2D eigenvalue weighted by Gasteiger charge is -2.28. The molecule has 0 spiro atoms. The van der Waals surface area contributed by atoms with E-state index in [2.05, 4.69) is 17.2 Å². The Morgan fingerprint density at radius 1 is 1.10 bits per heavy atom. The summed E-state index contributed by atoms with van der Waals surface area (Å²) >= 11 is 12.0. The van der Waals surface area contributed by atoms with E-state index in [0.29, 0.717) is 22.1 Å². The molecule has 0 radical (unpaired) electrons. The van der Waals surface area contributed by atoms with E-state index in [4.69, 9.17) is 23.2 Å². The Hall–Kier alpha value is -0.410. The SMILES string of the molecule is C=CCN[C@@H]1CCCCC[C@H]1Nc1ccc(Cl)c(Cl)c1.Cl. The number of benzene rings is 1. The standard InChI is InChI=1S/C16H22Cl2N2.ClH/c1-2-10-19-15-6-4-3-5-7-16(15)20-12-8-9-13(17)14(18)11-12;/h2,8-9,11,15-16,19-20H,1,3-7,10H2;1H/t15-,16-;/m1./s1. The van der Waals surface area contributed by atoms with Crippen LogP contribution < -0.4 is 10.6 Å². The van der Waals surface area contributed by atoms with Gasteiger partial charge in [-0.05, 0) is 31.0 Å². The van der Waals surface area contributed by atoms with Gasteiger partial charge in [0.15, 0.2) is 0 Å². The minimum atomic E-state index is 0. The van der Waals surface area contributed by atoms with Crippen LogP contribution in [0.2, 0.25) is 10.0 Å². The summed E-state index contributed by atoms with van der Waals surface area (Å²) in [5.74, 6) is 0. The van der Waals surface area contributed by atoms with Crippen LogP contribution in [-0.4, -0.2) is 18.6 Å². The van der Waals surface area contributed by atoms with Crippen LogP contribution in [0.3, 0.4) is 0 Å². The van der Waals surface area contributed by atoms with Crippen LogP contribution in [0, 0.1) is 0 Å². The van der Waals surface area contributed by atoms with Gasteiger partial charge in [-0.15, -0.1) is 19.0 Å². The topological polar surface area (TPSA) is 24.1 Å². The summed E-state index contributed by atoms with van der Waals surface area (Å²) in [4.78, 5) is 0. The van der Waals surface area contributed by atoms with Gasteiger partial charge in [0.1, 0.15) is 0 Å². The highest BCUT2D eigenvalue weighted by Crippen LogP contribution is 2.27. The molecule has 0 heterocycles. The van der Waals surface area contributed by atoms with Crippen LogP contribution >= 0.6 is 35.6 Å². The maximum absolute atomic E-state index is 6.08. The van der Waals surface area contributed by atoms with Crippen molar-refractivity contribution in [3.8, 4) is 0 Å². The first-order valence-corrected chi connectivity index (χ1v) is 8.02. The van der Waals surface area contributed by atoms with Crippen LogP contribution in [0.5, 0.6) is 0 Å². The number of halogens is 3. The molecule has 5 heteroatoms. The van der Waals surface area contributed by atoms with Crippen LogP contribution in [0.1, 0.15) is 32.1 Å². The molecule has 1 aliphatic rings. The lowest BCUT2D eigenvalue weighted by Crippen LogP contribution is -2.43. The molecule has 118 valence electrons. The van der Waals surface area contributed by atoms with Crippen LogP contribution in [0.4, 0.5) is 5.69 Å². The van der Waals surface area contributed by atoms with Crippen LogP contribution in [-0.2, 0) is 0 Å². The molecule has 1 saturated carbocycles. The van der Waals surface area contributed by atoms with Crippen molar-refractivity contribution in [2.75, 3.05) is 11.9 Å². The van der Waals surface area contributed by atoms with E-state index in [9.17, 15) is 0 Å². The number of anilines is 1. The molecule has 0 aromatic heterocycles. The predicted molar refractivity (Wildman–Crippen MR) is 96.2 cm³/mol. The van der Waals surface area contributed by atoms with Crippen molar-refractivity contribution in [2.45, 2.75) is 44.2 Å². The highest BCUT2D eigenvalue weighted by atomic mass is 35.5. The zero-order chi connectivity index (χ0) is 14.4. The summed E-state index contributed by atoms with van der Waals surface area (Å²) in [7, 11) is 0. The molecule has 0 amide bonds. The lowest BCUT2D eigenvalue weighted by atomic mass is 10.0. The van der Waals surface area contributed by atoms with Gasteiger partial charge in [-0.3, -0.25) is 0 Å². The van der Waals surface area contributed by atoms with Crippen molar-refractivity contribution in [3.63, 3.8) is 0 Å². The van der Waals surface area contributed by atoms with E-state index in [-0.39, 0.29) is 12.4 Å². The largest absolute Gasteiger partial charge is 0.381 e. The second kappa shape index (κ2) is 9.58. The van der Waals surface area contributed by atoms with Crippen LogP contribution in [0.15, 0.2) is 30.9 Å². The molecule has 2 nitrogen and oxygen atoms in total. The molecule has 1 aromatic carbocycles. The van der Waals surface area contributed by atoms with E-state index in [0.717, 1.165) is 12.2 Å². The van der Waals surface area contributed by atoms with E-state index in [1.807, 2.05) is 24.3 Å². The normalized spacial score (nSPS) is 22.0. The molecule has 0 unspecified atom stereocenters. The first-order valence-electron chi connectivity index (χ1n) is 7.26. The number of rotatable bonds is 5. The van der Waals surface area contributed by atoms with Gasteiger partial charge in [-0.25, -0.2) is 0 Å². The molecule has 1 fully saturated rings. The first kappa shape index (κ1) is 18.6. The van der Waals surface area contributed by atoms with E-state index < -0.39 is 0 Å². The summed E-state index contributed by atoms with van der Waals surface area (Å²) in [5, 5.41) is 8.37. The Balaban J connectivity index is 0.00000220. The van der Waals surface area contributed by atoms with E-state index >= 15 is 0 Å². The molecule has 1 aromatic rings. The lowest BCUT2D eigenvalue weighted by molar-refractivity contribution is 0.444. The molecular formula is C16H23Cl3N2. The molecule has 0 saturated heterocycles. The quantitative estimate of drug-likeness (QED) is 0.556. The summed E-state index contributed by atoms with van der Waals surface area (Å²) in [6, 6.07) is 6.64. The molecule has 0 aliphatic heterocycles. The fourth-order valence-corrected chi connectivity index (χ4v) is 3.06. The Bertz CT molecular complexity index is 451. The van der Waals surface area contributed by atoms with Gasteiger partial charge in [0, 0.05) is 24.3 Å². The summed E-state index contributed by atoms with van der Waals surface area (Å²) in [6.07, 6.45) is 8.16. The Labute approximate surface area is 143 Å². The number of nitrogens with one attached hydrogen (secondary N) is 2. The molecule has 2 N–H and O–H groups in total. The van der Waals surface area contributed by atoms with Gasteiger partial charge in [0.2, 0.25) is 0 Å². The van der Waals surface area contributed by atoms with Gasteiger partial charge >= 0.3 is 0 Å². The smallest absolute Gasteiger partial charge is 0.0612 e. The predicted octanol–water partition coefficient (Wildman–Crippen LogP) is 5.30. The highest BCUT2D eigenvalue weighted by molar-refractivity contribution is 6.42. The Morgan fingerprint density at radius 2 is 1.81 bits per heavy atom. The minimum Gasteiger partial charge on any atom is -0.381 e. The zero-order valence-electron chi connectivity index (χ0n) is 12.1. The minimum absolute atomic E-state index is 0. The Morgan fingerprint density at radius 3 is 2.48 bits per heavy atom. The van der Waals surface area contributed by atoms with Gasteiger partial charge < -0.3 is 10.6 Å². The number of hydrogen-bond donors (Lipinski definition) is 2. The third kappa shape index (κ3) is 5.71. The van der Waals surface area contributed by atoms with E-state index in [1.165, 1.54) is 32.1 Å². The van der Waals surface area contributed by atoms with Gasteiger partial charge in [-0.2, -0.15) is 0 Å². The third-order valence-electron chi connectivity index (χ3n) is 3.81. The van der Waals surface area contributed by atoms with Crippen molar-refractivity contribution in [2.24, 2.45) is 0 Å². The maximum atomic E-state index is 6.08. The van der Waals surface area contributed by atoms with Gasteiger partial charge in [0.05, 0.1) is 10.0 Å². The Kier molecular flexibility index (Phi) is 8.50. The van der Waals surface area contributed by atoms with Gasteiger partial charge in [-0.1, -0.05) is 48.5 Å². The van der Waals surface area contributed by atoms with Crippen molar-refractivity contribution < 1.29 is 0 Å². The van der Waals surface area contributed by atoms with Crippen LogP contribution in [0.25, 0.3) is 0 Å². The summed E-state index contributed by atoms with van der Waals surface area (Å²) in [5.41, 5.74) is 1.04. The zero-order valence-corrected chi connectivity index (χ0v) is 14.4. The average molecular weight is 350 g/mol. The van der Waals surface area contributed by atoms with Crippen molar-refractivity contribution >= 4 is 41.3 Å². The van der Waals surface area contributed by atoms with Gasteiger partial charge in [0.25, 0.3) is 0 Å². The molecule has 21 heavy (non-hydrogen) atoms. The first-order chi connectivity index (χ1) is 9.70. The highest BCUT2D eigenvalue weighted by Gasteiger charge is 2.22. The van der Waals surface area contributed by atoms with Crippen molar-refractivity contribution in [1.29, 1.82) is 0 Å². The molecule has 1 aliphatic carbocycles. The number of hydrogen-bond acceptors (Lipinski definition) is 2. The molecular weight excluding hydrogens is 327 g/mol.